The van der Waals surface area contributed by atoms with Crippen molar-refractivity contribution < 1.29 is 13.2 Å². The average Bonchev–Trinajstić information content (AvgIpc) is 2.57. The first-order valence-electron chi connectivity index (χ1n) is 8.36. The van der Waals surface area contributed by atoms with Crippen LogP contribution in [-0.2, 0) is 14.8 Å². The number of hydrogen-bond donors (Lipinski definition) is 1. The summed E-state index contributed by atoms with van der Waals surface area (Å²) in [6, 6.07) is 10.9. The van der Waals surface area contributed by atoms with E-state index in [1.165, 1.54) is 19.1 Å². The number of hydrogen-bond acceptors (Lipinski definition) is 3. The van der Waals surface area contributed by atoms with Crippen molar-refractivity contribution in [3.05, 3.63) is 58.1 Å². The molecule has 0 saturated carbocycles. The summed E-state index contributed by atoms with van der Waals surface area (Å²) in [5, 5.41) is 3.33. The van der Waals surface area contributed by atoms with E-state index < -0.39 is 22.0 Å². The van der Waals surface area contributed by atoms with Crippen LogP contribution in [-0.4, -0.2) is 26.6 Å². The molecule has 0 fully saturated rings. The predicted octanol–water partition coefficient (Wildman–Crippen LogP) is 4.91. The molecule has 1 amide bonds. The molecule has 2 aromatic carbocycles. The van der Waals surface area contributed by atoms with Crippen LogP contribution in [0, 0.1) is 0 Å². The number of carbonyl (C=O) groups excluding carboxylic acids is 1. The Morgan fingerprint density at radius 3 is 2.30 bits per heavy atom. The van der Waals surface area contributed by atoms with Gasteiger partial charge in [0.2, 0.25) is 15.9 Å². The van der Waals surface area contributed by atoms with Gasteiger partial charge in [-0.15, -0.1) is 0 Å². The van der Waals surface area contributed by atoms with Crippen LogP contribution >= 0.6 is 23.2 Å². The highest BCUT2D eigenvalue weighted by atomic mass is 35.5. The Bertz CT molecular complexity index is 946. The molecule has 8 heteroatoms. The summed E-state index contributed by atoms with van der Waals surface area (Å²) in [6.07, 6.45) is 1.02. The van der Waals surface area contributed by atoms with Crippen LogP contribution in [0.4, 0.5) is 11.4 Å². The molecule has 0 radical (unpaired) electrons. The normalized spacial score (nSPS) is 12.7. The average molecular weight is 429 g/mol. The van der Waals surface area contributed by atoms with E-state index in [0.29, 0.717) is 10.7 Å². The topological polar surface area (TPSA) is 66.5 Å². The summed E-state index contributed by atoms with van der Waals surface area (Å²) < 4.78 is 25.8. The number of nitrogens with one attached hydrogen (secondary N) is 1. The summed E-state index contributed by atoms with van der Waals surface area (Å²) in [7, 11) is -3.79. The zero-order valence-electron chi connectivity index (χ0n) is 15.5. The van der Waals surface area contributed by atoms with Crippen LogP contribution in [0.1, 0.15) is 32.3 Å². The lowest BCUT2D eigenvalue weighted by Gasteiger charge is -2.29. The maximum absolute atomic E-state index is 12.9. The number of nitrogens with zero attached hydrogens (tertiary/aromatic N) is 1. The molecule has 0 heterocycles. The number of rotatable bonds is 6. The molecule has 1 unspecified atom stereocenters. The number of sulfonamides is 1. The van der Waals surface area contributed by atoms with E-state index >= 15 is 0 Å². The van der Waals surface area contributed by atoms with Gasteiger partial charge in [-0.25, -0.2) is 8.42 Å². The van der Waals surface area contributed by atoms with Crippen molar-refractivity contribution in [2.45, 2.75) is 32.7 Å². The first-order chi connectivity index (χ1) is 12.5. The Labute approximate surface area is 170 Å². The molecule has 0 saturated heterocycles. The van der Waals surface area contributed by atoms with Gasteiger partial charge in [0, 0.05) is 10.7 Å². The van der Waals surface area contributed by atoms with Gasteiger partial charge in [-0.1, -0.05) is 55.2 Å². The van der Waals surface area contributed by atoms with E-state index in [9.17, 15) is 13.2 Å². The summed E-state index contributed by atoms with van der Waals surface area (Å²) in [4.78, 5) is 12.9. The first-order valence-corrected chi connectivity index (χ1v) is 11.0. The van der Waals surface area contributed by atoms with Crippen molar-refractivity contribution in [2.24, 2.45) is 0 Å². The Morgan fingerprint density at radius 2 is 1.70 bits per heavy atom. The van der Waals surface area contributed by atoms with Crippen molar-refractivity contribution in [1.29, 1.82) is 0 Å². The number of benzene rings is 2. The SMILES string of the molecule is CC(C)c1ccccc1NC(=O)C(C)N(c1cc(Cl)ccc1Cl)S(C)(=O)=O. The minimum Gasteiger partial charge on any atom is -0.324 e. The Hall–Kier alpha value is -1.76. The second-order valence-corrected chi connectivity index (χ2v) is 9.26. The van der Waals surface area contributed by atoms with Gasteiger partial charge >= 0.3 is 0 Å². The lowest BCUT2D eigenvalue weighted by molar-refractivity contribution is -0.116. The van der Waals surface area contributed by atoms with E-state index in [4.69, 9.17) is 23.2 Å². The first kappa shape index (κ1) is 21.5. The van der Waals surface area contributed by atoms with Crippen molar-refractivity contribution >= 4 is 50.5 Å². The van der Waals surface area contributed by atoms with Crippen molar-refractivity contribution in [1.82, 2.24) is 0 Å². The number of para-hydroxylation sites is 1. The fourth-order valence-corrected chi connectivity index (χ4v) is 4.39. The molecule has 0 spiro atoms. The van der Waals surface area contributed by atoms with E-state index in [-0.39, 0.29) is 16.6 Å². The number of carbonyl (C=O) groups is 1. The largest absolute Gasteiger partial charge is 0.324 e. The smallest absolute Gasteiger partial charge is 0.248 e. The standard InChI is InChI=1S/C19H22Cl2N2O3S/c1-12(2)15-7-5-6-8-17(15)22-19(24)13(3)23(27(4,25)26)18-11-14(20)9-10-16(18)21/h5-13H,1-4H3,(H,22,24). The molecule has 5 nitrogen and oxygen atoms in total. The second kappa shape index (κ2) is 8.50. The molecule has 0 aliphatic heterocycles. The molecule has 146 valence electrons. The van der Waals surface area contributed by atoms with Gasteiger partial charge in [-0.05, 0) is 42.7 Å². The summed E-state index contributed by atoms with van der Waals surface area (Å²) in [5.74, 6) is -0.269. The van der Waals surface area contributed by atoms with Crippen LogP contribution in [0.15, 0.2) is 42.5 Å². The van der Waals surface area contributed by atoms with Gasteiger partial charge in [-0.2, -0.15) is 0 Å². The van der Waals surface area contributed by atoms with Gasteiger partial charge in [0.25, 0.3) is 0 Å². The zero-order valence-corrected chi connectivity index (χ0v) is 17.9. The highest BCUT2D eigenvalue weighted by Gasteiger charge is 2.31. The van der Waals surface area contributed by atoms with Gasteiger partial charge in [0.15, 0.2) is 0 Å². The quantitative estimate of drug-likeness (QED) is 0.710. The third kappa shape index (κ3) is 5.15. The minimum atomic E-state index is -3.79. The summed E-state index contributed by atoms with van der Waals surface area (Å²) in [6.45, 7) is 5.54. The van der Waals surface area contributed by atoms with Crippen LogP contribution in [0.3, 0.4) is 0 Å². The van der Waals surface area contributed by atoms with Gasteiger partial charge in [0.05, 0.1) is 17.0 Å². The molecule has 0 aliphatic carbocycles. The van der Waals surface area contributed by atoms with Gasteiger partial charge in [-0.3, -0.25) is 9.10 Å². The highest BCUT2D eigenvalue weighted by molar-refractivity contribution is 7.92. The molecule has 2 aromatic rings. The van der Waals surface area contributed by atoms with Crippen LogP contribution in [0.2, 0.25) is 10.0 Å². The number of halogens is 2. The number of amides is 1. The van der Waals surface area contributed by atoms with Crippen LogP contribution in [0.25, 0.3) is 0 Å². The fourth-order valence-electron chi connectivity index (χ4n) is 2.79. The molecule has 2 rings (SSSR count). The van der Waals surface area contributed by atoms with Crippen molar-refractivity contribution in [2.75, 3.05) is 15.9 Å². The molecule has 0 aromatic heterocycles. The van der Waals surface area contributed by atoms with E-state index in [1.807, 2.05) is 32.0 Å². The maximum atomic E-state index is 12.9. The summed E-state index contributed by atoms with van der Waals surface area (Å²) >= 11 is 12.2. The monoisotopic (exact) mass is 428 g/mol. The Kier molecular flexibility index (Phi) is 6.78. The lowest BCUT2D eigenvalue weighted by Crippen LogP contribution is -2.45. The van der Waals surface area contributed by atoms with E-state index in [2.05, 4.69) is 5.32 Å². The van der Waals surface area contributed by atoms with Crippen LogP contribution in [0.5, 0.6) is 0 Å². The molecule has 1 N–H and O–H groups in total. The maximum Gasteiger partial charge on any atom is 0.248 e. The number of anilines is 2. The fraction of sp³-hybridized carbons (Fsp3) is 0.316. The van der Waals surface area contributed by atoms with E-state index in [0.717, 1.165) is 16.1 Å². The second-order valence-electron chi connectivity index (χ2n) is 6.56. The minimum absolute atomic E-state index is 0.159. The molecular formula is C19H22Cl2N2O3S. The van der Waals surface area contributed by atoms with Gasteiger partial charge < -0.3 is 5.32 Å². The zero-order chi connectivity index (χ0) is 20.4. The lowest BCUT2D eigenvalue weighted by atomic mass is 10.0. The Morgan fingerprint density at radius 1 is 1.07 bits per heavy atom. The molecule has 0 aliphatic rings. The molecular weight excluding hydrogens is 407 g/mol. The third-order valence-electron chi connectivity index (χ3n) is 4.07. The van der Waals surface area contributed by atoms with Crippen LogP contribution < -0.4 is 9.62 Å². The van der Waals surface area contributed by atoms with Crippen molar-refractivity contribution in [3.8, 4) is 0 Å². The molecule has 27 heavy (non-hydrogen) atoms. The highest BCUT2D eigenvalue weighted by Crippen LogP contribution is 2.32. The van der Waals surface area contributed by atoms with Gasteiger partial charge in [0.1, 0.15) is 6.04 Å². The molecule has 0 bridgehead atoms. The Balaban J connectivity index is 2.41. The predicted molar refractivity (Wildman–Crippen MR) is 112 cm³/mol. The third-order valence-corrected chi connectivity index (χ3v) is 5.86. The molecule has 1 atom stereocenters. The van der Waals surface area contributed by atoms with Crippen molar-refractivity contribution in [3.63, 3.8) is 0 Å². The van der Waals surface area contributed by atoms with E-state index in [1.54, 1.807) is 12.1 Å². The summed E-state index contributed by atoms with van der Waals surface area (Å²) in [5.41, 5.74) is 1.77.